The molecular formula is C9H8Cl3F2N. The van der Waals surface area contributed by atoms with Crippen LogP contribution >= 0.6 is 34.8 Å². The number of hydrogen-bond donors (Lipinski definition) is 1. The van der Waals surface area contributed by atoms with E-state index >= 15 is 0 Å². The Morgan fingerprint density at radius 2 is 1.80 bits per heavy atom. The van der Waals surface area contributed by atoms with Gasteiger partial charge in [0.05, 0.1) is 10.0 Å². The van der Waals surface area contributed by atoms with E-state index < -0.39 is 18.9 Å². The minimum atomic E-state index is -2.49. The molecule has 0 fully saturated rings. The SMILES string of the molecule is N[C@@H](CC(F)F)c1cc(Cl)cc(Cl)c1Cl. The third-order valence-corrected chi connectivity index (χ3v) is 2.89. The Kier molecular flexibility index (Phi) is 4.59. The van der Waals surface area contributed by atoms with E-state index in [-0.39, 0.29) is 10.0 Å². The van der Waals surface area contributed by atoms with Gasteiger partial charge in [-0.15, -0.1) is 0 Å². The van der Waals surface area contributed by atoms with Crippen molar-refractivity contribution in [1.82, 2.24) is 0 Å². The van der Waals surface area contributed by atoms with Crippen molar-refractivity contribution in [3.05, 3.63) is 32.8 Å². The number of nitrogens with two attached hydrogens (primary N) is 1. The molecule has 1 nitrogen and oxygen atoms in total. The zero-order valence-corrected chi connectivity index (χ0v) is 9.75. The van der Waals surface area contributed by atoms with E-state index in [2.05, 4.69) is 0 Å². The van der Waals surface area contributed by atoms with Gasteiger partial charge in [0.15, 0.2) is 0 Å². The van der Waals surface area contributed by atoms with Crippen molar-refractivity contribution >= 4 is 34.8 Å². The van der Waals surface area contributed by atoms with Crippen LogP contribution in [0.25, 0.3) is 0 Å². The molecule has 0 unspecified atom stereocenters. The maximum atomic E-state index is 12.1. The number of hydrogen-bond acceptors (Lipinski definition) is 1. The molecule has 0 radical (unpaired) electrons. The maximum Gasteiger partial charge on any atom is 0.240 e. The van der Waals surface area contributed by atoms with Crippen molar-refractivity contribution < 1.29 is 8.78 Å². The zero-order chi connectivity index (χ0) is 11.6. The summed E-state index contributed by atoms with van der Waals surface area (Å²) < 4.78 is 24.2. The molecule has 0 aromatic heterocycles. The minimum Gasteiger partial charge on any atom is -0.324 e. The largest absolute Gasteiger partial charge is 0.324 e. The lowest BCUT2D eigenvalue weighted by molar-refractivity contribution is 0.128. The fourth-order valence-electron chi connectivity index (χ4n) is 1.16. The number of halogens is 5. The normalized spacial score (nSPS) is 13.3. The van der Waals surface area contributed by atoms with E-state index in [1.807, 2.05) is 0 Å². The molecule has 84 valence electrons. The molecular weight excluding hydrogens is 266 g/mol. The van der Waals surface area contributed by atoms with E-state index in [4.69, 9.17) is 40.5 Å². The highest BCUT2D eigenvalue weighted by Gasteiger charge is 2.17. The summed E-state index contributed by atoms with van der Waals surface area (Å²) in [5, 5.41) is 0.710. The summed E-state index contributed by atoms with van der Waals surface area (Å²) in [6.45, 7) is 0. The van der Waals surface area contributed by atoms with Crippen LogP contribution in [0, 0.1) is 0 Å². The second kappa shape index (κ2) is 5.30. The molecule has 0 aliphatic carbocycles. The number of alkyl halides is 2. The lowest BCUT2D eigenvalue weighted by Gasteiger charge is -2.14. The number of rotatable bonds is 3. The zero-order valence-electron chi connectivity index (χ0n) is 7.48. The van der Waals surface area contributed by atoms with Crippen LogP contribution in [0.1, 0.15) is 18.0 Å². The van der Waals surface area contributed by atoms with Gasteiger partial charge in [-0.05, 0) is 17.7 Å². The van der Waals surface area contributed by atoms with Crippen molar-refractivity contribution in [3.8, 4) is 0 Å². The molecule has 2 N–H and O–H groups in total. The summed E-state index contributed by atoms with van der Waals surface area (Å²) in [5.74, 6) is 0. The average molecular weight is 275 g/mol. The molecule has 1 aromatic carbocycles. The van der Waals surface area contributed by atoms with E-state index in [0.29, 0.717) is 10.6 Å². The van der Waals surface area contributed by atoms with Gasteiger partial charge < -0.3 is 5.73 Å². The summed E-state index contributed by atoms with van der Waals surface area (Å²) in [4.78, 5) is 0. The van der Waals surface area contributed by atoms with E-state index in [0.717, 1.165) is 0 Å². The predicted molar refractivity (Wildman–Crippen MR) is 59.0 cm³/mol. The second-order valence-electron chi connectivity index (χ2n) is 3.02. The molecule has 0 saturated heterocycles. The molecule has 1 aromatic rings. The van der Waals surface area contributed by atoms with Crippen molar-refractivity contribution in [2.24, 2.45) is 5.73 Å². The molecule has 15 heavy (non-hydrogen) atoms. The highest BCUT2D eigenvalue weighted by atomic mass is 35.5. The van der Waals surface area contributed by atoms with Gasteiger partial charge in [-0.3, -0.25) is 0 Å². The molecule has 0 bridgehead atoms. The quantitative estimate of drug-likeness (QED) is 0.817. The molecule has 0 heterocycles. The maximum absolute atomic E-state index is 12.1. The van der Waals surface area contributed by atoms with Gasteiger partial charge in [0.1, 0.15) is 0 Å². The van der Waals surface area contributed by atoms with Gasteiger partial charge in [0, 0.05) is 17.5 Å². The molecule has 0 spiro atoms. The van der Waals surface area contributed by atoms with Gasteiger partial charge in [0.25, 0.3) is 0 Å². The first-order chi connectivity index (χ1) is 6.91. The van der Waals surface area contributed by atoms with Gasteiger partial charge in [-0.25, -0.2) is 8.78 Å². The van der Waals surface area contributed by atoms with Gasteiger partial charge in [-0.2, -0.15) is 0 Å². The Hall–Kier alpha value is -0.0900. The topological polar surface area (TPSA) is 26.0 Å². The fourth-order valence-corrected chi connectivity index (χ4v) is 1.92. The Morgan fingerprint density at radius 3 is 2.33 bits per heavy atom. The first-order valence-corrected chi connectivity index (χ1v) is 5.23. The first-order valence-electron chi connectivity index (χ1n) is 4.10. The van der Waals surface area contributed by atoms with Gasteiger partial charge >= 0.3 is 0 Å². The molecule has 0 aliphatic rings. The Balaban J connectivity index is 3.02. The monoisotopic (exact) mass is 273 g/mol. The minimum absolute atomic E-state index is 0.175. The Bertz CT molecular complexity index is 357. The van der Waals surface area contributed by atoms with Crippen LogP contribution < -0.4 is 5.73 Å². The summed E-state index contributed by atoms with van der Waals surface area (Å²) in [6, 6.07) is 2.01. The van der Waals surface area contributed by atoms with Crippen molar-refractivity contribution in [3.63, 3.8) is 0 Å². The average Bonchev–Trinajstić information content (AvgIpc) is 2.09. The number of benzene rings is 1. The van der Waals surface area contributed by atoms with Crippen molar-refractivity contribution in [1.29, 1.82) is 0 Å². The molecule has 0 amide bonds. The van der Waals surface area contributed by atoms with E-state index in [1.54, 1.807) is 0 Å². The van der Waals surface area contributed by atoms with Crippen LogP contribution in [0.4, 0.5) is 8.78 Å². The summed E-state index contributed by atoms with van der Waals surface area (Å²) >= 11 is 17.3. The molecule has 0 aliphatic heterocycles. The highest BCUT2D eigenvalue weighted by molar-refractivity contribution is 6.43. The highest BCUT2D eigenvalue weighted by Crippen LogP contribution is 2.34. The fraction of sp³-hybridized carbons (Fsp3) is 0.333. The summed E-state index contributed by atoms with van der Waals surface area (Å²) in [7, 11) is 0. The van der Waals surface area contributed by atoms with Gasteiger partial charge in [-0.1, -0.05) is 34.8 Å². The first kappa shape index (κ1) is 13.0. The Morgan fingerprint density at radius 1 is 1.20 bits per heavy atom. The van der Waals surface area contributed by atoms with Crippen LogP contribution in [-0.2, 0) is 0 Å². The lowest BCUT2D eigenvalue weighted by Crippen LogP contribution is -2.14. The smallest absolute Gasteiger partial charge is 0.240 e. The van der Waals surface area contributed by atoms with Crippen molar-refractivity contribution in [2.75, 3.05) is 0 Å². The lowest BCUT2D eigenvalue weighted by atomic mass is 10.1. The van der Waals surface area contributed by atoms with E-state index in [1.165, 1.54) is 12.1 Å². The van der Waals surface area contributed by atoms with Crippen molar-refractivity contribution in [2.45, 2.75) is 18.9 Å². The predicted octanol–water partition coefficient (Wildman–Crippen LogP) is 4.30. The molecule has 6 heteroatoms. The van der Waals surface area contributed by atoms with E-state index in [9.17, 15) is 8.78 Å². The van der Waals surface area contributed by atoms with Crippen LogP contribution in [0.3, 0.4) is 0 Å². The van der Waals surface area contributed by atoms with Gasteiger partial charge in [0.2, 0.25) is 6.43 Å². The van der Waals surface area contributed by atoms with Crippen LogP contribution in [-0.4, -0.2) is 6.43 Å². The second-order valence-corrected chi connectivity index (χ2v) is 4.25. The van der Waals surface area contributed by atoms with Crippen LogP contribution in [0.15, 0.2) is 12.1 Å². The summed E-state index contributed by atoms with van der Waals surface area (Å²) in [5.41, 5.74) is 5.89. The molecule has 1 atom stereocenters. The Labute approximate surface area is 101 Å². The van der Waals surface area contributed by atoms with Crippen LogP contribution in [0.2, 0.25) is 15.1 Å². The summed E-state index contributed by atoms with van der Waals surface area (Å²) in [6.07, 6.45) is -2.97. The molecule has 1 rings (SSSR count). The third kappa shape index (κ3) is 3.45. The molecule has 0 saturated carbocycles. The van der Waals surface area contributed by atoms with Crippen LogP contribution in [0.5, 0.6) is 0 Å². The third-order valence-electron chi connectivity index (χ3n) is 1.85. The standard InChI is InChI=1S/C9H8Cl3F2N/c10-4-1-5(7(15)3-8(13)14)9(12)6(11)2-4/h1-2,7-8H,3,15H2/t7-/m0/s1.